The van der Waals surface area contributed by atoms with Crippen LogP contribution in [0.1, 0.15) is 311 Å². The van der Waals surface area contributed by atoms with Gasteiger partial charge in [-0.05, 0) is 37.5 Å². The van der Waals surface area contributed by atoms with Crippen molar-refractivity contribution in [1.82, 2.24) is 0 Å². The minimum absolute atomic E-state index is 0.103. The standard InChI is InChI=1S/C63H122O17P2/c1-7-10-12-14-16-18-19-20-21-22-28-35-41-47-62(67)79-58(51-74-61(66)46-40-34-27-24-23-25-31-37-43-55(4)5)53-77-81(69,70)75-49-57(64)50-76-82(71,72)78-54-59(52-73-60(65)45-39-33-26-17-15-13-11-8-2)80-63(68)48-42-36-30-29-32-38-44-56(6)9-3/h55-59,64H,7-54H2,1-6H3,(H,69,70)(H,71,72)/t56?,57-,58-,59-/m1/s1. The Labute approximate surface area is 498 Å². The molecule has 0 aromatic heterocycles. The molecule has 0 spiro atoms. The van der Waals surface area contributed by atoms with Crippen LogP contribution in [0, 0.1) is 11.8 Å². The highest BCUT2D eigenvalue weighted by Gasteiger charge is 2.30. The maximum absolute atomic E-state index is 13.0. The molecule has 0 fully saturated rings. The van der Waals surface area contributed by atoms with Crippen molar-refractivity contribution in [3.05, 3.63) is 0 Å². The van der Waals surface area contributed by atoms with Crippen LogP contribution in [0.2, 0.25) is 0 Å². The maximum Gasteiger partial charge on any atom is 0.472 e. The number of phosphoric ester groups is 2. The van der Waals surface area contributed by atoms with Crippen LogP contribution in [0.15, 0.2) is 0 Å². The summed E-state index contributed by atoms with van der Waals surface area (Å²) in [5, 5.41) is 10.5. The predicted octanol–water partition coefficient (Wildman–Crippen LogP) is 17.3. The fraction of sp³-hybridized carbons (Fsp3) is 0.937. The van der Waals surface area contributed by atoms with E-state index >= 15 is 0 Å². The van der Waals surface area contributed by atoms with E-state index in [-0.39, 0.29) is 25.7 Å². The normalized spacial score (nSPS) is 14.7. The number of aliphatic hydroxyl groups excluding tert-OH is 1. The molecular weight excluding hydrogens is 1090 g/mol. The lowest BCUT2D eigenvalue weighted by Crippen LogP contribution is -2.30. The Hall–Kier alpha value is -1.94. The molecule has 82 heavy (non-hydrogen) atoms. The Morgan fingerprint density at radius 3 is 0.927 bits per heavy atom. The SMILES string of the molecule is CCCCCCCCCCCCCCCC(=O)O[C@H](COC(=O)CCCCCCCCCCC(C)C)COP(=O)(O)OC[C@@H](O)COP(=O)(O)OC[C@@H](COC(=O)CCCCCCCCCC)OC(=O)CCCCCCCCC(C)CC. The summed E-state index contributed by atoms with van der Waals surface area (Å²) in [5.41, 5.74) is 0. The van der Waals surface area contributed by atoms with E-state index in [9.17, 15) is 43.2 Å². The molecule has 0 rings (SSSR count). The van der Waals surface area contributed by atoms with E-state index in [1.165, 1.54) is 122 Å². The van der Waals surface area contributed by atoms with Gasteiger partial charge in [0.2, 0.25) is 0 Å². The van der Waals surface area contributed by atoms with Crippen molar-refractivity contribution >= 4 is 39.5 Å². The second-order valence-corrected chi connectivity index (χ2v) is 26.4. The van der Waals surface area contributed by atoms with Gasteiger partial charge in [-0.3, -0.25) is 37.3 Å². The van der Waals surface area contributed by atoms with Gasteiger partial charge in [0.05, 0.1) is 26.4 Å². The van der Waals surface area contributed by atoms with Gasteiger partial charge in [0.25, 0.3) is 0 Å². The van der Waals surface area contributed by atoms with E-state index in [1.54, 1.807) is 0 Å². The average molecular weight is 1210 g/mol. The Kier molecular flexibility index (Phi) is 54.3. The molecule has 0 aromatic rings. The Balaban J connectivity index is 5.24. The van der Waals surface area contributed by atoms with E-state index < -0.39 is 97.5 Å². The zero-order valence-electron chi connectivity index (χ0n) is 52.8. The van der Waals surface area contributed by atoms with Gasteiger partial charge in [0.1, 0.15) is 19.3 Å². The first-order chi connectivity index (χ1) is 39.4. The van der Waals surface area contributed by atoms with Crippen LogP contribution in [0.5, 0.6) is 0 Å². The van der Waals surface area contributed by atoms with Crippen molar-refractivity contribution in [2.45, 2.75) is 330 Å². The third-order valence-corrected chi connectivity index (χ3v) is 16.7. The molecule has 486 valence electrons. The van der Waals surface area contributed by atoms with Crippen LogP contribution >= 0.6 is 15.6 Å². The van der Waals surface area contributed by atoms with Gasteiger partial charge in [0, 0.05) is 25.7 Å². The summed E-state index contributed by atoms with van der Waals surface area (Å²) in [6.45, 7) is 9.38. The number of aliphatic hydroxyl groups is 1. The molecule has 6 atom stereocenters. The predicted molar refractivity (Wildman–Crippen MR) is 326 cm³/mol. The van der Waals surface area contributed by atoms with Gasteiger partial charge in [-0.15, -0.1) is 0 Å². The molecular formula is C63H122O17P2. The second-order valence-electron chi connectivity index (χ2n) is 23.5. The molecule has 0 aliphatic heterocycles. The minimum Gasteiger partial charge on any atom is -0.462 e. The molecule has 0 aliphatic rings. The summed E-state index contributed by atoms with van der Waals surface area (Å²) >= 11 is 0. The summed E-state index contributed by atoms with van der Waals surface area (Å²) in [4.78, 5) is 72.1. The number of phosphoric acid groups is 2. The highest BCUT2D eigenvalue weighted by molar-refractivity contribution is 7.47. The highest BCUT2D eigenvalue weighted by atomic mass is 31.2. The first-order valence-electron chi connectivity index (χ1n) is 33.0. The smallest absolute Gasteiger partial charge is 0.462 e. The Morgan fingerprint density at radius 2 is 0.622 bits per heavy atom. The van der Waals surface area contributed by atoms with Gasteiger partial charge in [-0.2, -0.15) is 0 Å². The molecule has 0 radical (unpaired) electrons. The largest absolute Gasteiger partial charge is 0.472 e. The zero-order valence-corrected chi connectivity index (χ0v) is 54.6. The summed E-state index contributed by atoms with van der Waals surface area (Å²) in [6.07, 6.45) is 37.6. The fourth-order valence-corrected chi connectivity index (χ4v) is 10.9. The van der Waals surface area contributed by atoms with E-state index in [0.29, 0.717) is 25.7 Å². The highest BCUT2D eigenvalue weighted by Crippen LogP contribution is 2.45. The average Bonchev–Trinajstić information content (AvgIpc) is 3.45. The Morgan fingerprint density at radius 1 is 0.354 bits per heavy atom. The van der Waals surface area contributed by atoms with Gasteiger partial charge in [-0.25, -0.2) is 9.13 Å². The van der Waals surface area contributed by atoms with Crippen LogP contribution in [-0.4, -0.2) is 96.7 Å². The molecule has 0 aliphatic carbocycles. The summed E-state index contributed by atoms with van der Waals surface area (Å²) < 4.78 is 67.9. The lowest BCUT2D eigenvalue weighted by Gasteiger charge is -2.21. The van der Waals surface area contributed by atoms with Crippen molar-refractivity contribution in [2.75, 3.05) is 39.6 Å². The van der Waals surface area contributed by atoms with Crippen molar-refractivity contribution in [1.29, 1.82) is 0 Å². The number of ether oxygens (including phenoxy) is 4. The first-order valence-corrected chi connectivity index (χ1v) is 36.0. The molecule has 19 heteroatoms. The van der Waals surface area contributed by atoms with E-state index in [1.807, 2.05) is 0 Å². The Bertz CT molecular complexity index is 1620. The van der Waals surface area contributed by atoms with Crippen LogP contribution in [0.3, 0.4) is 0 Å². The number of carbonyl (C=O) groups is 4. The van der Waals surface area contributed by atoms with Crippen LogP contribution in [0.4, 0.5) is 0 Å². The van der Waals surface area contributed by atoms with Gasteiger partial charge in [0.15, 0.2) is 12.2 Å². The molecule has 0 amide bonds. The molecule has 3 N–H and O–H groups in total. The molecule has 0 heterocycles. The zero-order chi connectivity index (χ0) is 60.8. The summed E-state index contributed by atoms with van der Waals surface area (Å²) in [6, 6.07) is 0. The van der Waals surface area contributed by atoms with Gasteiger partial charge in [-0.1, -0.05) is 260 Å². The number of esters is 4. The lowest BCUT2D eigenvalue weighted by molar-refractivity contribution is -0.161. The molecule has 3 unspecified atom stereocenters. The van der Waals surface area contributed by atoms with Crippen LogP contribution < -0.4 is 0 Å². The quantitative estimate of drug-likeness (QED) is 0.0222. The maximum atomic E-state index is 13.0. The van der Waals surface area contributed by atoms with Crippen LogP contribution in [0.25, 0.3) is 0 Å². The van der Waals surface area contributed by atoms with Crippen LogP contribution in [-0.2, 0) is 65.4 Å². The third kappa shape index (κ3) is 55.9. The monoisotopic (exact) mass is 1210 g/mol. The molecule has 17 nitrogen and oxygen atoms in total. The number of hydrogen-bond acceptors (Lipinski definition) is 15. The van der Waals surface area contributed by atoms with Crippen molar-refractivity contribution in [2.24, 2.45) is 11.8 Å². The van der Waals surface area contributed by atoms with E-state index in [4.69, 9.17) is 37.0 Å². The van der Waals surface area contributed by atoms with Crippen molar-refractivity contribution in [3.8, 4) is 0 Å². The van der Waals surface area contributed by atoms with E-state index in [0.717, 1.165) is 108 Å². The van der Waals surface area contributed by atoms with Gasteiger partial charge >= 0.3 is 39.5 Å². The van der Waals surface area contributed by atoms with Crippen molar-refractivity contribution in [3.63, 3.8) is 0 Å². The second kappa shape index (κ2) is 55.6. The molecule has 0 aromatic carbocycles. The molecule has 0 saturated carbocycles. The fourth-order valence-electron chi connectivity index (χ4n) is 9.32. The minimum atomic E-state index is -4.94. The van der Waals surface area contributed by atoms with E-state index in [2.05, 4.69) is 41.5 Å². The molecule has 0 bridgehead atoms. The molecule has 0 saturated heterocycles. The number of rotatable bonds is 62. The lowest BCUT2D eigenvalue weighted by atomic mass is 10.00. The number of unbranched alkanes of at least 4 members (excludes halogenated alkanes) is 31. The topological polar surface area (TPSA) is 237 Å². The third-order valence-electron chi connectivity index (χ3n) is 14.8. The number of carbonyl (C=O) groups excluding carboxylic acids is 4. The summed E-state index contributed by atoms with van der Waals surface area (Å²) in [5.74, 6) is -0.692. The first kappa shape index (κ1) is 80.1. The summed E-state index contributed by atoms with van der Waals surface area (Å²) in [7, 11) is -9.88. The number of hydrogen-bond donors (Lipinski definition) is 3. The van der Waals surface area contributed by atoms with Crippen molar-refractivity contribution < 1.29 is 80.2 Å². The van der Waals surface area contributed by atoms with Gasteiger partial charge < -0.3 is 33.8 Å².